The molecule has 360 valence electrons. The predicted octanol–water partition coefficient (Wildman–Crippen LogP) is 6.19. The number of methoxy groups -OCH3 is 1. The van der Waals surface area contributed by atoms with Crippen molar-refractivity contribution in [1.82, 2.24) is 30.0 Å². The van der Waals surface area contributed by atoms with Crippen molar-refractivity contribution in [3.63, 3.8) is 0 Å². The van der Waals surface area contributed by atoms with E-state index in [4.69, 9.17) is 21.1 Å². The van der Waals surface area contributed by atoms with Gasteiger partial charge in [0.1, 0.15) is 36.3 Å². The van der Waals surface area contributed by atoms with E-state index >= 15 is 0 Å². The summed E-state index contributed by atoms with van der Waals surface area (Å²) in [6.07, 6.45) is -1.29. The number of anilines is 5. The van der Waals surface area contributed by atoms with Crippen LogP contribution >= 0.6 is 18.7 Å². The molecular formula is C47H52ClF3N9O7P. The molecule has 68 heavy (non-hydrogen) atoms. The normalized spacial score (nSPS) is 18.5. The number of amides is 3. The van der Waals surface area contributed by atoms with E-state index in [1.54, 1.807) is 20.4 Å². The molecule has 3 N–H and O–H groups in total. The fourth-order valence-corrected chi connectivity index (χ4v) is 10.3. The number of imide groups is 1. The minimum absolute atomic E-state index is 0.0173. The first-order valence-electron chi connectivity index (χ1n) is 22.3. The van der Waals surface area contributed by atoms with Gasteiger partial charge in [0.15, 0.2) is 5.82 Å². The average Bonchev–Trinajstić information content (AvgIpc) is 3.63. The molecule has 0 saturated carbocycles. The van der Waals surface area contributed by atoms with Gasteiger partial charge in [0.05, 0.1) is 31.3 Å². The van der Waals surface area contributed by atoms with Crippen LogP contribution in [0.1, 0.15) is 47.2 Å². The van der Waals surface area contributed by atoms with Crippen molar-refractivity contribution in [2.75, 3.05) is 95.0 Å². The number of piperazine rings is 1. The zero-order chi connectivity index (χ0) is 48.2. The minimum atomic E-state index is -4.99. The summed E-state index contributed by atoms with van der Waals surface area (Å²) in [5.74, 6) is 4.74. The molecule has 0 radical (unpaired) electrons. The Morgan fingerprint density at radius 3 is 2.44 bits per heavy atom. The Balaban J connectivity index is 0.787. The summed E-state index contributed by atoms with van der Waals surface area (Å²) >= 11 is 6.48. The number of benzene rings is 3. The van der Waals surface area contributed by atoms with Gasteiger partial charge in [-0.1, -0.05) is 35.6 Å². The number of aromatic nitrogens is 2. The molecular weight excluding hydrogens is 926 g/mol. The molecule has 3 fully saturated rings. The van der Waals surface area contributed by atoms with Crippen LogP contribution < -0.4 is 35.6 Å². The number of nitrogens with one attached hydrogen (secondary N) is 3. The summed E-state index contributed by atoms with van der Waals surface area (Å²) in [6, 6.07) is 15.1. The number of rotatable bonds is 14. The Labute approximate surface area is 397 Å². The first kappa shape index (κ1) is 48.6. The molecule has 16 nitrogen and oxygen atoms in total. The van der Waals surface area contributed by atoms with Gasteiger partial charge in [0, 0.05) is 98.6 Å². The highest BCUT2D eigenvalue weighted by Crippen LogP contribution is 2.40. The lowest BCUT2D eigenvalue weighted by atomic mass is 10.0. The van der Waals surface area contributed by atoms with E-state index in [1.807, 2.05) is 36.4 Å². The summed E-state index contributed by atoms with van der Waals surface area (Å²) in [6.45, 7) is 9.94. The van der Waals surface area contributed by atoms with Crippen molar-refractivity contribution in [3.8, 4) is 23.3 Å². The first-order chi connectivity index (χ1) is 32.5. The Bertz CT molecular complexity index is 2660. The fourth-order valence-electron chi connectivity index (χ4n) is 9.02. The topological polar surface area (TPSA) is 171 Å². The third-order valence-corrected chi connectivity index (χ3v) is 14.3. The summed E-state index contributed by atoms with van der Waals surface area (Å²) in [5.41, 5.74) is 2.93. The van der Waals surface area contributed by atoms with Gasteiger partial charge in [-0.05, 0) is 69.0 Å². The van der Waals surface area contributed by atoms with E-state index in [-0.39, 0.29) is 37.1 Å². The number of hydrogen-bond acceptors (Lipinski definition) is 14. The second kappa shape index (κ2) is 20.8. The van der Waals surface area contributed by atoms with Crippen LogP contribution in [-0.2, 0) is 25.4 Å². The van der Waals surface area contributed by atoms with Crippen LogP contribution in [0.2, 0.25) is 5.02 Å². The molecule has 0 aliphatic carbocycles. The number of para-hydroxylation sites is 1. The number of hydrogen-bond donors (Lipinski definition) is 3. The largest absolute Gasteiger partial charge is 0.573 e. The maximum absolute atomic E-state index is 13.3. The van der Waals surface area contributed by atoms with Gasteiger partial charge in [-0.2, -0.15) is 4.98 Å². The van der Waals surface area contributed by atoms with Crippen molar-refractivity contribution >= 4 is 70.6 Å². The Morgan fingerprint density at radius 1 is 0.956 bits per heavy atom. The van der Waals surface area contributed by atoms with Gasteiger partial charge in [0.25, 0.3) is 5.91 Å². The smallest absolute Gasteiger partial charge is 0.494 e. The van der Waals surface area contributed by atoms with E-state index in [9.17, 15) is 32.1 Å². The van der Waals surface area contributed by atoms with E-state index in [1.165, 1.54) is 11.1 Å². The Morgan fingerprint density at radius 2 is 1.72 bits per heavy atom. The van der Waals surface area contributed by atoms with Gasteiger partial charge < -0.3 is 39.2 Å². The van der Waals surface area contributed by atoms with Crippen molar-refractivity contribution in [2.45, 2.75) is 50.7 Å². The minimum Gasteiger partial charge on any atom is -0.494 e. The molecule has 0 spiro atoms. The number of nitrogens with zero attached hydrogens (tertiary/aromatic N) is 6. The molecule has 8 rings (SSSR count). The van der Waals surface area contributed by atoms with Gasteiger partial charge in [0.2, 0.25) is 17.8 Å². The molecule has 5 heterocycles. The highest BCUT2D eigenvalue weighted by Gasteiger charge is 2.41. The number of carbonyl (C=O) groups excluding carboxylic acids is 3. The molecule has 1 atom stereocenters. The highest BCUT2D eigenvalue weighted by atomic mass is 35.5. The zero-order valence-electron chi connectivity index (χ0n) is 37.8. The lowest BCUT2D eigenvalue weighted by molar-refractivity contribution is -0.274. The SMILES string of the molecule is COc1cc(N2CCC(N3CCN(CCOCC#Cc4cc(OC(F)(F)F)cc5c4CN(C4CCC(=O)NC4=O)C5=O)CC3)CC2)ccc1Nc1ncc(Cl)c(Nc2ccccc2P(C)(C)=O)n1. The second-order valence-corrected chi connectivity index (χ2v) is 20.9. The third-order valence-electron chi connectivity index (χ3n) is 12.5. The molecule has 1 unspecified atom stereocenters. The molecule has 4 aliphatic rings. The first-order valence-corrected chi connectivity index (χ1v) is 25.3. The van der Waals surface area contributed by atoms with Gasteiger partial charge in [-0.15, -0.1) is 13.2 Å². The maximum Gasteiger partial charge on any atom is 0.573 e. The Kier molecular flexibility index (Phi) is 14.8. The number of carbonyl (C=O) groups is 3. The summed E-state index contributed by atoms with van der Waals surface area (Å²) in [4.78, 5) is 55.0. The standard InChI is InChI=1S/C47H52ClF3N9O7P/c1-65-40-26-32(10-11-37(40)54-46-52-28-36(48)43(56-46)53-38-8-4-5-9-41(38)68(2,3)64)58-16-14-31(15-17-58)59-20-18-57(19-21-59)22-24-66-23-6-7-30-25-33(67-47(49,50)51)27-34-35(30)29-60(45(34)63)39-12-13-42(61)55-44(39)62/h4-5,8-11,25-28,31,39H,12-24,29H2,1-3H3,(H,55,61,62)(H2,52,53,54,56). The second-order valence-electron chi connectivity index (χ2n) is 17.3. The molecule has 3 saturated heterocycles. The highest BCUT2D eigenvalue weighted by molar-refractivity contribution is 7.70. The quantitative estimate of drug-likeness (QED) is 0.0566. The maximum atomic E-state index is 13.3. The van der Waals surface area contributed by atoms with Crippen molar-refractivity contribution < 1.29 is 46.3 Å². The molecule has 3 amide bonds. The third kappa shape index (κ3) is 11.7. The molecule has 21 heteroatoms. The van der Waals surface area contributed by atoms with Gasteiger partial charge in [-0.25, -0.2) is 4.98 Å². The lowest BCUT2D eigenvalue weighted by Crippen LogP contribution is -2.53. The Hall–Kier alpha value is -5.90. The fraction of sp³-hybridized carbons (Fsp3) is 0.426. The van der Waals surface area contributed by atoms with Gasteiger partial charge >= 0.3 is 6.36 Å². The van der Waals surface area contributed by atoms with Crippen LogP contribution in [0.25, 0.3) is 0 Å². The number of halogens is 4. The zero-order valence-corrected chi connectivity index (χ0v) is 39.5. The van der Waals surface area contributed by atoms with Gasteiger partial charge in [-0.3, -0.25) is 29.5 Å². The van der Waals surface area contributed by atoms with E-state index in [2.05, 4.69) is 63.3 Å². The molecule has 0 bridgehead atoms. The van der Waals surface area contributed by atoms with Crippen LogP contribution in [0.5, 0.6) is 11.5 Å². The van der Waals surface area contributed by atoms with Crippen LogP contribution in [0.3, 0.4) is 0 Å². The lowest BCUT2D eigenvalue weighted by Gasteiger charge is -2.43. The summed E-state index contributed by atoms with van der Waals surface area (Å²) < 4.78 is 68.2. The van der Waals surface area contributed by atoms with Crippen molar-refractivity contribution in [1.29, 1.82) is 0 Å². The van der Waals surface area contributed by atoms with E-state index in [0.717, 1.165) is 69.9 Å². The number of alkyl halides is 3. The van der Waals surface area contributed by atoms with E-state index in [0.29, 0.717) is 64.0 Å². The van der Waals surface area contributed by atoms with Crippen LogP contribution in [0.15, 0.2) is 60.8 Å². The summed E-state index contributed by atoms with van der Waals surface area (Å²) in [5, 5.41) is 9.72. The van der Waals surface area contributed by atoms with E-state index < -0.39 is 43.0 Å². The number of ether oxygens (including phenoxy) is 3. The summed E-state index contributed by atoms with van der Waals surface area (Å²) in [7, 11) is -0.950. The molecule has 3 aromatic carbocycles. The van der Waals surface area contributed by atoms with Crippen LogP contribution in [-0.4, -0.2) is 140 Å². The average molecular weight is 978 g/mol. The molecule has 4 aromatic rings. The number of piperidine rings is 2. The monoisotopic (exact) mass is 977 g/mol. The van der Waals surface area contributed by atoms with Crippen LogP contribution in [0, 0.1) is 11.8 Å². The van der Waals surface area contributed by atoms with Crippen molar-refractivity contribution in [2.24, 2.45) is 0 Å². The molecule has 1 aromatic heterocycles. The number of fused-ring (bicyclic) bond motifs is 1. The predicted molar refractivity (Wildman–Crippen MR) is 252 cm³/mol. The molecule has 4 aliphatic heterocycles. The van der Waals surface area contributed by atoms with Crippen molar-refractivity contribution in [3.05, 3.63) is 82.5 Å². The van der Waals surface area contributed by atoms with Crippen LogP contribution in [0.4, 0.5) is 42.0 Å².